The third kappa shape index (κ3) is 11.1. The molecule has 0 spiro atoms. The first-order chi connectivity index (χ1) is 24.8. The van der Waals surface area contributed by atoms with Gasteiger partial charge in [-0.25, -0.2) is 4.98 Å². The summed E-state index contributed by atoms with van der Waals surface area (Å²) in [7, 11) is 1.78. The van der Waals surface area contributed by atoms with E-state index in [1.54, 1.807) is 12.4 Å². The van der Waals surface area contributed by atoms with Crippen LogP contribution in [-0.2, 0) is 25.5 Å². The smallest absolute Gasteiger partial charge is 0.311 e. The molecule has 290 valence electrons. The number of carboxylic acids is 1. The summed E-state index contributed by atoms with van der Waals surface area (Å²) in [4.78, 5) is 60.4. The lowest BCUT2D eigenvalue weighted by Gasteiger charge is -2.39. The predicted octanol–water partition coefficient (Wildman–Crippen LogP) is 6.34. The fraction of sp³-hybridized carbons (Fsp3) is 0.675. The van der Waals surface area contributed by atoms with Crippen LogP contribution in [0.5, 0.6) is 0 Å². The molecule has 0 aliphatic heterocycles. The highest BCUT2D eigenvalue weighted by Crippen LogP contribution is 2.34. The summed E-state index contributed by atoms with van der Waals surface area (Å²) in [6.45, 7) is 17.4. The van der Waals surface area contributed by atoms with Crippen LogP contribution in [0.3, 0.4) is 0 Å². The Morgan fingerprint density at radius 1 is 1.00 bits per heavy atom. The zero-order chi connectivity index (χ0) is 38.5. The van der Waals surface area contributed by atoms with Crippen molar-refractivity contribution < 1.29 is 29.0 Å². The van der Waals surface area contributed by atoms with Gasteiger partial charge in [-0.1, -0.05) is 92.5 Å². The summed E-state index contributed by atoms with van der Waals surface area (Å²) in [5, 5.41) is 21.6. The Kier molecular flexibility index (Phi) is 17.2. The zero-order valence-corrected chi connectivity index (χ0v) is 33.6. The monoisotopic (exact) mass is 741 g/mol. The molecule has 0 saturated heterocycles. The molecule has 11 nitrogen and oxygen atoms in total. The molecule has 2 aromatic rings. The maximum atomic E-state index is 14.6. The van der Waals surface area contributed by atoms with Crippen LogP contribution in [0.15, 0.2) is 29.6 Å². The lowest BCUT2D eigenvalue weighted by Crippen LogP contribution is -2.59. The number of carbonyl (C=O) groups excluding carboxylic acids is 3. The molecular formula is C40H63N5O6S. The Labute approximate surface area is 315 Å². The van der Waals surface area contributed by atoms with Crippen molar-refractivity contribution in [1.82, 2.24) is 25.8 Å². The molecule has 1 aromatic heterocycles. The van der Waals surface area contributed by atoms with Crippen molar-refractivity contribution >= 4 is 35.0 Å². The predicted molar refractivity (Wildman–Crippen MR) is 206 cm³/mol. The number of nitrogens with one attached hydrogen (secondary N) is 3. The van der Waals surface area contributed by atoms with Crippen LogP contribution >= 0.6 is 11.3 Å². The van der Waals surface area contributed by atoms with Crippen LogP contribution in [0.1, 0.15) is 133 Å². The van der Waals surface area contributed by atoms with E-state index in [0.29, 0.717) is 37.4 Å². The third-order valence-corrected chi connectivity index (χ3v) is 11.5. The van der Waals surface area contributed by atoms with Gasteiger partial charge in [0.25, 0.3) is 5.91 Å². The Morgan fingerprint density at radius 3 is 2.27 bits per heavy atom. The van der Waals surface area contributed by atoms with E-state index in [4.69, 9.17) is 9.72 Å². The lowest BCUT2D eigenvalue weighted by molar-refractivity contribution is -0.142. The Balaban J connectivity index is 1.86. The first-order valence-electron chi connectivity index (χ1n) is 19.3. The van der Waals surface area contributed by atoms with Gasteiger partial charge in [-0.2, -0.15) is 0 Å². The van der Waals surface area contributed by atoms with Crippen molar-refractivity contribution in [3.63, 3.8) is 0 Å². The number of benzene rings is 1. The molecule has 0 saturated carbocycles. The van der Waals surface area contributed by atoms with Crippen molar-refractivity contribution in [1.29, 1.82) is 0 Å². The zero-order valence-electron chi connectivity index (χ0n) is 32.7. The van der Waals surface area contributed by atoms with Crippen LogP contribution in [0, 0.1) is 17.8 Å². The Morgan fingerprint density at radius 2 is 1.67 bits per heavy atom. The minimum Gasteiger partial charge on any atom is -0.481 e. The van der Waals surface area contributed by atoms with Gasteiger partial charge in [-0.15, -0.1) is 11.3 Å². The Bertz CT molecular complexity index is 1470. The van der Waals surface area contributed by atoms with Gasteiger partial charge in [0, 0.05) is 37.0 Å². The van der Waals surface area contributed by atoms with Gasteiger partial charge in [0.15, 0.2) is 0 Å². The minimum atomic E-state index is -0.903. The molecule has 0 bridgehead atoms. The number of carbonyl (C=O) groups is 4. The molecule has 4 N–H and O–H groups in total. The van der Waals surface area contributed by atoms with E-state index in [-0.39, 0.29) is 53.3 Å². The molecule has 1 aliphatic carbocycles. The van der Waals surface area contributed by atoms with Crippen LogP contribution in [0.25, 0.3) is 0 Å². The highest BCUT2D eigenvalue weighted by Gasteiger charge is 2.38. The number of fused-ring (bicyclic) bond motifs is 1. The number of thiazole rings is 1. The third-order valence-electron chi connectivity index (χ3n) is 10.6. The molecule has 3 amide bonds. The molecule has 8 atom stereocenters. The lowest BCUT2D eigenvalue weighted by atomic mass is 9.80. The standard InChI is InChI=1S/C40H63N5O6S/c1-10-18-45(39(48)35(26(8)13-4)44-37(47)34(41-9)25(7)12-3)32(24(5)6)22-33(51-19-11-2)38-43-31(23-52-38)36(46)42-28-20-27-16-14-15-17-29(27)30(21-28)40(49)50/h14-17,23-26,28,30,32-35,41H,10-13,18-22H2,1-9H3,(H,42,46)(H,44,47)(H,49,50). The topological polar surface area (TPSA) is 150 Å². The largest absolute Gasteiger partial charge is 0.481 e. The first-order valence-corrected chi connectivity index (χ1v) is 20.2. The second-order valence-electron chi connectivity index (χ2n) is 14.7. The number of aromatic nitrogens is 1. The number of rotatable bonds is 21. The summed E-state index contributed by atoms with van der Waals surface area (Å²) in [5.41, 5.74) is 1.99. The molecule has 0 radical (unpaired) electrons. The highest BCUT2D eigenvalue weighted by atomic mass is 32.1. The van der Waals surface area contributed by atoms with Crippen molar-refractivity contribution in [2.24, 2.45) is 17.8 Å². The van der Waals surface area contributed by atoms with Gasteiger partial charge in [-0.3, -0.25) is 19.2 Å². The van der Waals surface area contributed by atoms with Gasteiger partial charge >= 0.3 is 5.97 Å². The Hall–Kier alpha value is -3.35. The number of aliphatic carboxylic acids is 1. The first kappa shape index (κ1) is 43.1. The number of hydrogen-bond donors (Lipinski definition) is 4. The van der Waals surface area contributed by atoms with E-state index in [0.717, 1.165) is 36.8 Å². The van der Waals surface area contributed by atoms with Crippen LogP contribution in [0.4, 0.5) is 0 Å². The minimum absolute atomic E-state index is 0.0702. The van der Waals surface area contributed by atoms with E-state index in [9.17, 15) is 24.3 Å². The van der Waals surface area contributed by atoms with Gasteiger partial charge in [0.1, 0.15) is 22.8 Å². The average Bonchev–Trinajstić information content (AvgIpc) is 3.63. The number of likely N-dealkylation sites (N-methyl/N-ethyl adjacent to an activating group) is 1. The normalized spacial score (nSPS) is 19.1. The second-order valence-corrected chi connectivity index (χ2v) is 15.6. The molecule has 1 aromatic carbocycles. The molecule has 1 aliphatic rings. The molecular weight excluding hydrogens is 679 g/mol. The van der Waals surface area contributed by atoms with Gasteiger partial charge in [0.2, 0.25) is 11.8 Å². The molecule has 52 heavy (non-hydrogen) atoms. The van der Waals surface area contributed by atoms with Crippen molar-refractivity contribution in [2.45, 2.75) is 137 Å². The van der Waals surface area contributed by atoms with E-state index in [1.807, 2.05) is 56.9 Å². The molecule has 12 heteroatoms. The maximum absolute atomic E-state index is 14.6. The van der Waals surface area contributed by atoms with Gasteiger partial charge in [-0.05, 0) is 61.6 Å². The average molecular weight is 742 g/mol. The van der Waals surface area contributed by atoms with Crippen LogP contribution in [-0.4, -0.2) is 83.0 Å². The quantitative estimate of drug-likeness (QED) is 0.116. The van der Waals surface area contributed by atoms with E-state index >= 15 is 0 Å². The SMILES string of the molecule is CCCOC(CC(C(C)C)N(CCC)C(=O)C(NC(=O)C(NC)C(C)CC)C(C)CC)c1nc(C(=O)NC2Cc3ccccc3C(C(=O)O)C2)cs1. The van der Waals surface area contributed by atoms with E-state index in [2.05, 4.69) is 43.6 Å². The summed E-state index contributed by atoms with van der Waals surface area (Å²) >= 11 is 1.35. The fourth-order valence-electron chi connectivity index (χ4n) is 7.14. The number of amides is 3. The second kappa shape index (κ2) is 20.8. The maximum Gasteiger partial charge on any atom is 0.311 e. The van der Waals surface area contributed by atoms with Crippen molar-refractivity contribution in [3.05, 3.63) is 51.5 Å². The fourth-order valence-corrected chi connectivity index (χ4v) is 8.00. The van der Waals surface area contributed by atoms with Crippen LogP contribution in [0.2, 0.25) is 0 Å². The number of nitrogens with zero attached hydrogens (tertiary/aromatic N) is 2. The van der Waals surface area contributed by atoms with Gasteiger partial charge in [0.05, 0.1) is 12.0 Å². The van der Waals surface area contributed by atoms with Crippen molar-refractivity contribution in [2.75, 3.05) is 20.2 Å². The number of ether oxygens (including phenoxy) is 1. The van der Waals surface area contributed by atoms with Crippen molar-refractivity contribution in [3.8, 4) is 0 Å². The summed E-state index contributed by atoms with van der Waals surface area (Å²) < 4.78 is 6.40. The molecule has 0 fully saturated rings. The summed E-state index contributed by atoms with van der Waals surface area (Å²) in [6.07, 6.45) is 3.97. The molecule has 1 heterocycles. The molecule has 3 rings (SSSR count). The summed E-state index contributed by atoms with van der Waals surface area (Å²) in [5.74, 6) is -2.10. The summed E-state index contributed by atoms with van der Waals surface area (Å²) in [6, 6.07) is 5.86. The molecule has 8 unspecified atom stereocenters. The van der Waals surface area contributed by atoms with E-state index < -0.39 is 30.1 Å². The number of hydrogen-bond acceptors (Lipinski definition) is 8. The highest BCUT2D eigenvalue weighted by molar-refractivity contribution is 7.09. The number of carboxylic acid groups (broad SMARTS) is 1. The van der Waals surface area contributed by atoms with Crippen LogP contribution < -0.4 is 16.0 Å². The van der Waals surface area contributed by atoms with Gasteiger partial charge < -0.3 is 30.7 Å². The van der Waals surface area contributed by atoms with E-state index in [1.165, 1.54) is 11.3 Å².